The molecule has 1 heterocycles. The summed E-state index contributed by atoms with van der Waals surface area (Å²) in [6.45, 7) is 11.9. The summed E-state index contributed by atoms with van der Waals surface area (Å²) in [6.07, 6.45) is 4.57. The average Bonchev–Trinajstić information content (AvgIpc) is 3.42. The van der Waals surface area contributed by atoms with Crippen LogP contribution in [0, 0.1) is 19.3 Å². The van der Waals surface area contributed by atoms with Gasteiger partial charge < -0.3 is 14.6 Å². The number of esters is 1. The van der Waals surface area contributed by atoms with Crippen LogP contribution in [-0.4, -0.2) is 64.2 Å². The molecule has 0 saturated heterocycles. The first-order valence-electron chi connectivity index (χ1n) is 13.5. The summed E-state index contributed by atoms with van der Waals surface area (Å²) < 4.78 is 11.3. The van der Waals surface area contributed by atoms with E-state index < -0.39 is 17.6 Å². The van der Waals surface area contributed by atoms with Crippen molar-refractivity contribution in [2.75, 3.05) is 25.7 Å². The average molecular weight is 587 g/mol. The van der Waals surface area contributed by atoms with Gasteiger partial charge in [-0.25, -0.2) is 9.78 Å². The number of hydrogen-bond donors (Lipinski definition) is 1. The van der Waals surface area contributed by atoms with Crippen LogP contribution in [0.2, 0.25) is 5.02 Å². The molecular formula is C31H43ClN4O5. The highest BCUT2D eigenvalue weighted by atomic mass is 35.5. The lowest BCUT2D eigenvalue weighted by atomic mass is 9.73. The van der Waals surface area contributed by atoms with Gasteiger partial charge in [0.05, 0.1) is 24.9 Å². The van der Waals surface area contributed by atoms with Gasteiger partial charge in [-0.1, -0.05) is 62.7 Å². The molecule has 3 aromatic rings. The molecule has 0 aliphatic carbocycles. The number of amides is 1. The number of nitrogens with zero attached hydrogens (tertiary/aromatic N) is 4. The molecule has 0 radical (unpaired) electrons. The Bertz CT molecular complexity index is 1240. The van der Waals surface area contributed by atoms with Crippen molar-refractivity contribution >= 4 is 29.2 Å². The molecule has 0 spiro atoms. The maximum absolute atomic E-state index is 12.3. The minimum Gasteiger partial charge on any atom is -0.467 e. The summed E-state index contributed by atoms with van der Waals surface area (Å²) in [5.74, 6) is -0.736. The Morgan fingerprint density at radius 1 is 1.07 bits per heavy atom. The number of ether oxygens (including phenoxy) is 2. The maximum atomic E-state index is 12.3. The van der Waals surface area contributed by atoms with Crippen LogP contribution in [0.5, 0.6) is 0 Å². The number of rotatable bonds is 10. The number of halogens is 1. The van der Waals surface area contributed by atoms with E-state index in [0.29, 0.717) is 13.0 Å². The lowest BCUT2D eigenvalue weighted by molar-refractivity contribution is -0.143. The largest absolute Gasteiger partial charge is 0.467 e. The van der Waals surface area contributed by atoms with Crippen molar-refractivity contribution in [3.63, 3.8) is 0 Å². The van der Waals surface area contributed by atoms with Crippen molar-refractivity contribution in [2.24, 2.45) is 5.41 Å². The van der Waals surface area contributed by atoms with Gasteiger partial charge >= 0.3 is 5.97 Å². The summed E-state index contributed by atoms with van der Waals surface area (Å²) in [7, 11) is 2.76. The van der Waals surface area contributed by atoms with Gasteiger partial charge in [0.15, 0.2) is 0 Å². The van der Waals surface area contributed by atoms with Gasteiger partial charge in [-0.15, -0.1) is 0 Å². The van der Waals surface area contributed by atoms with E-state index in [9.17, 15) is 14.7 Å². The summed E-state index contributed by atoms with van der Waals surface area (Å²) >= 11 is 5.90. The van der Waals surface area contributed by atoms with Crippen LogP contribution in [0.3, 0.4) is 0 Å². The molecule has 1 unspecified atom stereocenters. The Morgan fingerprint density at radius 2 is 1.68 bits per heavy atom. The second-order valence-electron chi connectivity index (χ2n) is 11.1. The molecule has 1 amide bonds. The summed E-state index contributed by atoms with van der Waals surface area (Å²) in [5.41, 5.74) is 2.62. The standard InChI is InChI=1S/C16H22ClN3O.C15H21NO4/c1-15(2,3)16(21,10-20-12-18-11-19-20)9-8-13-4-6-14(17)7-5-13;1-10-7-6-8-11(2)14(10)16(13(17)9-19-4)12(3)15(18)20-5/h4-7,11-12,21H,8-10H2,1-3H3;6-8,12H,9H2,1-5H3/t;12-/m.1/s1. The van der Waals surface area contributed by atoms with Gasteiger partial charge in [0.1, 0.15) is 25.3 Å². The Kier molecular flexibility index (Phi) is 12.5. The minimum absolute atomic E-state index is 0.0882. The molecular weight excluding hydrogens is 544 g/mol. The second kappa shape index (κ2) is 15.1. The van der Waals surface area contributed by atoms with Gasteiger partial charge in [-0.2, -0.15) is 5.10 Å². The quantitative estimate of drug-likeness (QED) is 0.326. The van der Waals surface area contributed by atoms with Crippen molar-refractivity contribution in [1.29, 1.82) is 0 Å². The Balaban J connectivity index is 0.000000287. The van der Waals surface area contributed by atoms with E-state index >= 15 is 0 Å². The van der Waals surface area contributed by atoms with E-state index in [1.165, 1.54) is 31.0 Å². The first-order valence-corrected chi connectivity index (χ1v) is 13.9. The topological polar surface area (TPSA) is 107 Å². The van der Waals surface area contributed by atoms with E-state index in [1.807, 2.05) is 77.1 Å². The van der Waals surface area contributed by atoms with E-state index in [-0.39, 0.29) is 17.9 Å². The number of methoxy groups -OCH3 is 2. The first kappa shape index (κ1) is 33.9. The third kappa shape index (κ3) is 9.38. The monoisotopic (exact) mass is 586 g/mol. The molecule has 2 atom stereocenters. The van der Waals surface area contributed by atoms with Gasteiger partial charge in [-0.3, -0.25) is 14.4 Å². The fraction of sp³-hybridized carbons (Fsp3) is 0.484. The predicted molar refractivity (Wildman–Crippen MR) is 161 cm³/mol. The van der Waals surface area contributed by atoms with Crippen LogP contribution in [0.4, 0.5) is 5.69 Å². The van der Waals surface area contributed by atoms with Crippen LogP contribution in [0.1, 0.15) is 50.8 Å². The highest BCUT2D eigenvalue weighted by molar-refractivity contribution is 6.30. The van der Waals surface area contributed by atoms with Crippen molar-refractivity contribution in [1.82, 2.24) is 14.8 Å². The molecule has 2 aromatic carbocycles. The summed E-state index contributed by atoms with van der Waals surface area (Å²) in [4.78, 5) is 29.5. The zero-order valence-corrected chi connectivity index (χ0v) is 26.1. The first-order chi connectivity index (χ1) is 19.2. The van der Waals surface area contributed by atoms with Gasteiger partial charge in [0, 0.05) is 12.1 Å². The Labute approximate surface area is 248 Å². The van der Waals surface area contributed by atoms with E-state index in [2.05, 4.69) is 10.1 Å². The molecule has 0 fully saturated rings. The summed E-state index contributed by atoms with van der Waals surface area (Å²) in [5, 5.41) is 16.0. The van der Waals surface area contributed by atoms with Gasteiger partial charge in [0.25, 0.3) is 5.91 Å². The molecule has 3 rings (SSSR count). The maximum Gasteiger partial charge on any atom is 0.328 e. The Morgan fingerprint density at radius 3 is 2.17 bits per heavy atom. The number of aryl methyl sites for hydroxylation is 3. The number of para-hydroxylation sites is 1. The van der Waals surface area contributed by atoms with Crippen LogP contribution in [0.25, 0.3) is 0 Å². The predicted octanol–water partition coefficient (Wildman–Crippen LogP) is 5.19. The van der Waals surface area contributed by atoms with Crippen molar-refractivity contribution in [2.45, 2.75) is 72.6 Å². The number of aliphatic hydroxyl groups is 1. The number of anilines is 1. The number of carbonyl (C=O) groups excluding carboxylic acids is 2. The van der Waals surface area contributed by atoms with Crippen LogP contribution in [-0.2, 0) is 32.0 Å². The van der Waals surface area contributed by atoms with Crippen LogP contribution in [0.15, 0.2) is 55.1 Å². The molecule has 1 N–H and O–H groups in total. The summed E-state index contributed by atoms with van der Waals surface area (Å²) in [6, 6.07) is 12.8. The van der Waals surface area contributed by atoms with Crippen molar-refractivity contribution < 1.29 is 24.2 Å². The molecule has 1 aromatic heterocycles. The number of benzene rings is 2. The van der Waals surface area contributed by atoms with Gasteiger partial charge in [0.2, 0.25) is 0 Å². The van der Waals surface area contributed by atoms with Gasteiger partial charge in [-0.05, 0) is 67.9 Å². The van der Waals surface area contributed by atoms with Crippen molar-refractivity contribution in [3.05, 3.63) is 76.8 Å². The number of carbonyl (C=O) groups is 2. The van der Waals surface area contributed by atoms with Crippen LogP contribution < -0.4 is 4.90 Å². The third-order valence-corrected chi connectivity index (χ3v) is 7.43. The fourth-order valence-corrected chi connectivity index (χ4v) is 4.59. The molecule has 224 valence electrons. The number of aromatic nitrogens is 3. The molecule has 0 bridgehead atoms. The SMILES string of the molecule is CC(C)(C)C(O)(CCc1ccc(Cl)cc1)Cn1cncn1.COCC(=O)N(c1c(C)cccc1C)[C@H](C)C(=O)OC. The van der Waals surface area contributed by atoms with E-state index in [1.54, 1.807) is 17.9 Å². The zero-order chi connectivity index (χ0) is 30.8. The zero-order valence-electron chi connectivity index (χ0n) is 25.3. The second-order valence-corrected chi connectivity index (χ2v) is 11.6. The molecule has 0 aliphatic rings. The number of hydrogen-bond acceptors (Lipinski definition) is 7. The lowest BCUT2D eigenvalue weighted by Crippen LogP contribution is -2.47. The molecule has 0 aliphatic heterocycles. The normalized spacial score (nSPS) is 13.4. The molecule has 0 saturated carbocycles. The van der Waals surface area contributed by atoms with E-state index in [0.717, 1.165) is 28.3 Å². The molecule has 9 nitrogen and oxygen atoms in total. The van der Waals surface area contributed by atoms with Crippen LogP contribution >= 0.6 is 11.6 Å². The highest BCUT2D eigenvalue weighted by Gasteiger charge is 2.40. The molecule has 10 heteroatoms. The fourth-order valence-electron chi connectivity index (χ4n) is 4.46. The smallest absolute Gasteiger partial charge is 0.328 e. The van der Waals surface area contributed by atoms with Crippen molar-refractivity contribution in [3.8, 4) is 0 Å². The third-order valence-electron chi connectivity index (χ3n) is 7.17. The Hall–Kier alpha value is -3.27. The molecule has 41 heavy (non-hydrogen) atoms. The lowest BCUT2D eigenvalue weighted by Gasteiger charge is -2.40. The highest BCUT2D eigenvalue weighted by Crippen LogP contribution is 2.35. The minimum atomic E-state index is -0.861. The van der Waals surface area contributed by atoms with E-state index in [4.69, 9.17) is 21.1 Å².